The Bertz CT molecular complexity index is 467. The molecular formula is C16H26N2O5. The molecule has 0 radical (unpaired) electrons. The van der Waals surface area contributed by atoms with Crippen LogP contribution in [0.3, 0.4) is 0 Å². The molecule has 1 amide bonds. The summed E-state index contributed by atoms with van der Waals surface area (Å²) in [5.74, 6) is -1.91. The SMILES string of the molecule is CCC[C@H](N[C@H]1CC[C@H]2CCC[C@H]2N(CC(=O)O)C1=O)C(=O)O. The van der Waals surface area contributed by atoms with Gasteiger partial charge in [-0.25, -0.2) is 0 Å². The van der Waals surface area contributed by atoms with Crippen LogP contribution < -0.4 is 5.32 Å². The molecule has 1 saturated heterocycles. The second-order valence-electron chi connectivity index (χ2n) is 6.59. The van der Waals surface area contributed by atoms with Gasteiger partial charge in [-0.2, -0.15) is 0 Å². The summed E-state index contributed by atoms with van der Waals surface area (Å²) in [7, 11) is 0. The predicted molar refractivity (Wildman–Crippen MR) is 83.0 cm³/mol. The molecule has 0 unspecified atom stereocenters. The van der Waals surface area contributed by atoms with Gasteiger partial charge in [0.15, 0.2) is 0 Å². The van der Waals surface area contributed by atoms with Crippen LogP contribution in [0.15, 0.2) is 0 Å². The van der Waals surface area contributed by atoms with Crippen LogP contribution in [0, 0.1) is 5.92 Å². The first-order valence-electron chi connectivity index (χ1n) is 8.45. The molecule has 0 spiro atoms. The minimum Gasteiger partial charge on any atom is -0.480 e. The van der Waals surface area contributed by atoms with Crippen LogP contribution in [0.5, 0.6) is 0 Å². The summed E-state index contributed by atoms with van der Waals surface area (Å²) in [5, 5.41) is 21.4. The van der Waals surface area contributed by atoms with Crippen molar-refractivity contribution in [3.8, 4) is 0 Å². The fourth-order valence-corrected chi connectivity index (χ4v) is 3.94. The van der Waals surface area contributed by atoms with Crippen LogP contribution >= 0.6 is 0 Å². The highest BCUT2D eigenvalue weighted by Crippen LogP contribution is 2.36. The van der Waals surface area contributed by atoms with Crippen LogP contribution in [0.2, 0.25) is 0 Å². The smallest absolute Gasteiger partial charge is 0.323 e. The molecule has 1 aliphatic heterocycles. The second-order valence-corrected chi connectivity index (χ2v) is 6.59. The maximum atomic E-state index is 12.8. The molecule has 0 bridgehead atoms. The average Bonchev–Trinajstić information content (AvgIpc) is 2.91. The van der Waals surface area contributed by atoms with E-state index >= 15 is 0 Å². The molecule has 0 aromatic carbocycles. The van der Waals surface area contributed by atoms with Crippen LogP contribution in [0.25, 0.3) is 0 Å². The van der Waals surface area contributed by atoms with Gasteiger partial charge >= 0.3 is 11.9 Å². The summed E-state index contributed by atoms with van der Waals surface area (Å²) in [4.78, 5) is 36.7. The Labute approximate surface area is 136 Å². The number of carboxylic acid groups (broad SMARTS) is 2. The molecule has 4 atom stereocenters. The van der Waals surface area contributed by atoms with E-state index in [0.717, 1.165) is 25.7 Å². The molecule has 2 fully saturated rings. The summed E-state index contributed by atoms with van der Waals surface area (Å²) < 4.78 is 0. The minimum absolute atomic E-state index is 0.0140. The molecule has 7 nitrogen and oxygen atoms in total. The van der Waals surface area contributed by atoms with Gasteiger partial charge in [0.25, 0.3) is 0 Å². The Kier molecular flexibility index (Phi) is 5.98. The largest absolute Gasteiger partial charge is 0.480 e. The number of carboxylic acids is 2. The standard InChI is InChI=1S/C16H26N2O5/c1-2-4-12(16(22)23)17-11-8-7-10-5-3-6-13(10)18(15(11)21)9-14(19)20/h10-13,17H,2-9H2,1H3,(H,19,20)(H,22,23)/t10-,11+,12+,13-/m1/s1. The van der Waals surface area contributed by atoms with Crippen molar-refractivity contribution in [2.75, 3.05) is 6.54 Å². The van der Waals surface area contributed by atoms with E-state index in [2.05, 4.69) is 5.32 Å². The number of carbonyl (C=O) groups excluding carboxylic acids is 1. The van der Waals surface area contributed by atoms with Crippen LogP contribution in [-0.2, 0) is 14.4 Å². The number of nitrogens with zero attached hydrogens (tertiary/aromatic N) is 1. The number of nitrogens with one attached hydrogen (secondary N) is 1. The number of fused-ring (bicyclic) bond motifs is 1. The van der Waals surface area contributed by atoms with Crippen molar-refractivity contribution in [1.29, 1.82) is 0 Å². The maximum absolute atomic E-state index is 12.8. The van der Waals surface area contributed by atoms with E-state index in [1.165, 1.54) is 4.90 Å². The Balaban J connectivity index is 2.15. The Hall–Kier alpha value is -1.63. The van der Waals surface area contributed by atoms with Crippen LogP contribution in [0.4, 0.5) is 0 Å². The van der Waals surface area contributed by atoms with Gasteiger partial charge in [-0.3, -0.25) is 19.7 Å². The summed E-state index contributed by atoms with van der Waals surface area (Å²) in [6.07, 6.45) is 5.43. The lowest BCUT2D eigenvalue weighted by Gasteiger charge is -2.31. The lowest BCUT2D eigenvalue weighted by molar-refractivity contribution is -0.148. The number of hydrogen-bond acceptors (Lipinski definition) is 4. The van der Waals surface area contributed by atoms with E-state index < -0.39 is 24.0 Å². The Morgan fingerprint density at radius 1 is 1.26 bits per heavy atom. The van der Waals surface area contributed by atoms with E-state index in [9.17, 15) is 19.5 Å². The molecule has 23 heavy (non-hydrogen) atoms. The predicted octanol–water partition coefficient (Wildman–Crippen LogP) is 1.07. The van der Waals surface area contributed by atoms with E-state index in [0.29, 0.717) is 25.2 Å². The molecule has 130 valence electrons. The quantitative estimate of drug-likeness (QED) is 0.646. The molecule has 3 N–H and O–H groups in total. The van der Waals surface area contributed by atoms with Crippen molar-refractivity contribution in [2.24, 2.45) is 5.92 Å². The van der Waals surface area contributed by atoms with Gasteiger partial charge in [-0.05, 0) is 38.0 Å². The van der Waals surface area contributed by atoms with Gasteiger partial charge < -0.3 is 15.1 Å². The van der Waals surface area contributed by atoms with Crippen molar-refractivity contribution >= 4 is 17.8 Å². The molecule has 0 aromatic rings. The van der Waals surface area contributed by atoms with E-state index in [-0.39, 0.29) is 18.5 Å². The molecule has 0 aromatic heterocycles. The van der Waals surface area contributed by atoms with E-state index in [1.807, 2.05) is 6.92 Å². The van der Waals surface area contributed by atoms with Crippen molar-refractivity contribution in [2.45, 2.75) is 70.0 Å². The monoisotopic (exact) mass is 326 g/mol. The Morgan fingerprint density at radius 3 is 2.61 bits per heavy atom. The minimum atomic E-state index is -1.02. The van der Waals surface area contributed by atoms with Gasteiger partial charge in [-0.15, -0.1) is 0 Å². The number of carbonyl (C=O) groups is 3. The van der Waals surface area contributed by atoms with Gasteiger partial charge in [0.05, 0.1) is 6.04 Å². The van der Waals surface area contributed by atoms with E-state index in [4.69, 9.17) is 5.11 Å². The fourth-order valence-electron chi connectivity index (χ4n) is 3.94. The van der Waals surface area contributed by atoms with Crippen molar-refractivity contribution in [3.05, 3.63) is 0 Å². The first-order valence-corrected chi connectivity index (χ1v) is 8.45. The van der Waals surface area contributed by atoms with Gasteiger partial charge in [0.2, 0.25) is 5.91 Å². The highest BCUT2D eigenvalue weighted by atomic mass is 16.4. The molecule has 2 aliphatic rings. The maximum Gasteiger partial charge on any atom is 0.323 e. The topological polar surface area (TPSA) is 107 Å². The van der Waals surface area contributed by atoms with Crippen LogP contribution in [0.1, 0.15) is 51.9 Å². The Morgan fingerprint density at radius 2 is 2.00 bits per heavy atom. The molecule has 1 aliphatic carbocycles. The van der Waals surface area contributed by atoms with Crippen molar-refractivity contribution in [3.63, 3.8) is 0 Å². The first-order chi connectivity index (χ1) is 10.9. The molecule has 7 heteroatoms. The van der Waals surface area contributed by atoms with Crippen molar-refractivity contribution in [1.82, 2.24) is 10.2 Å². The summed E-state index contributed by atoms with van der Waals surface area (Å²) in [5.41, 5.74) is 0. The van der Waals surface area contributed by atoms with E-state index in [1.54, 1.807) is 0 Å². The highest BCUT2D eigenvalue weighted by Gasteiger charge is 2.42. The molecular weight excluding hydrogens is 300 g/mol. The lowest BCUT2D eigenvalue weighted by atomic mass is 9.97. The summed E-state index contributed by atoms with van der Waals surface area (Å²) in [6.45, 7) is 1.59. The van der Waals surface area contributed by atoms with Crippen molar-refractivity contribution < 1.29 is 24.6 Å². The van der Waals surface area contributed by atoms with Crippen LogP contribution in [-0.4, -0.2) is 57.6 Å². The average molecular weight is 326 g/mol. The lowest BCUT2D eigenvalue weighted by Crippen LogP contribution is -2.54. The normalized spacial score (nSPS) is 29.0. The summed E-state index contributed by atoms with van der Waals surface area (Å²) in [6, 6.07) is -1.38. The van der Waals surface area contributed by atoms with Gasteiger partial charge in [0.1, 0.15) is 12.6 Å². The summed E-state index contributed by atoms with van der Waals surface area (Å²) >= 11 is 0. The third-order valence-corrected chi connectivity index (χ3v) is 5.01. The third-order valence-electron chi connectivity index (χ3n) is 5.01. The second kappa shape index (κ2) is 7.77. The number of likely N-dealkylation sites (tertiary alicyclic amines) is 1. The number of rotatable bonds is 7. The number of aliphatic carboxylic acids is 2. The first kappa shape index (κ1) is 17.7. The molecule has 1 saturated carbocycles. The zero-order chi connectivity index (χ0) is 17.0. The zero-order valence-corrected chi connectivity index (χ0v) is 13.5. The number of amides is 1. The van der Waals surface area contributed by atoms with Gasteiger partial charge in [0, 0.05) is 6.04 Å². The third kappa shape index (κ3) is 4.22. The van der Waals surface area contributed by atoms with Gasteiger partial charge in [-0.1, -0.05) is 19.8 Å². The highest BCUT2D eigenvalue weighted by molar-refractivity contribution is 5.86. The molecule has 2 rings (SSSR count). The number of hydrogen-bond donors (Lipinski definition) is 3. The fraction of sp³-hybridized carbons (Fsp3) is 0.812. The zero-order valence-electron chi connectivity index (χ0n) is 13.5. The molecule has 1 heterocycles.